The molecule has 1 aromatic carbocycles. The first-order valence-electron chi connectivity index (χ1n) is 8.24. The maximum atomic E-state index is 13.0. The average Bonchev–Trinajstić information content (AvgIpc) is 3.10. The normalized spacial score (nSPS) is 16.0. The molecule has 0 atom stereocenters. The van der Waals surface area contributed by atoms with Crippen LogP contribution in [0.2, 0.25) is 0 Å². The zero-order valence-electron chi connectivity index (χ0n) is 14.4. The Bertz CT molecular complexity index is 872. The third kappa shape index (κ3) is 4.67. The van der Waals surface area contributed by atoms with E-state index in [1.165, 1.54) is 18.4 Å². The van der Waals surface area contributed by atoms with Crippen LogP contribution in [0, 0.1) is 5.82 Å². The van der Waals surface area contributed by atoms with Crippen LogP contribution in [-0.2, 0) is 9.84 Å². The number of hydrogen-bond acceptors (Lipinski definition) is 6. The molecule has 0 spiro atoms. The molecule has 0 N–H and O–H groups in total. The summed E-state index contributed by atoms with van der Waals surface area (Å²) in [7, 11) is -2.99. The van der Waals surface area contributed by atoms with Gasteiger partial charge in [-0.1, -0.05) is 5.16 Å². The first kappa shape index (κ1) is 18.5. The van der Waals surface area contributed by atoms with Crippen LogP contribution in [0.3, 0.4) is 0 Å². The van der Waals surface area contributed by atoms with Gasteiger partial charge < -0.3 is 9.42 Å². The lowest BCUT2D eigenvalue weighted by Crippen LogP contribution is -2.49. The first-order chi connectivity index (χ1) is 12.3. The molecule has 1 aliphatic rings. The van der Waals surface area contributed by atoms with Crippen molar-refractivity contribution in [3.8, 4) is 11.3 Å². The fourth-order valence-electron chi connectivity index (χ4n) is 2.76. The van der Waals surface area contributed by atoms with Gasteiger partial charge in [0.15, 0.2) is 11.5 Å². The quantitative estimate of drug-likeness (QED) is 0.776. The summed E-state index contributed by atoms with van der Waals surface area (Å²) in [5.41, 5.74) is 0.845. The second kappa shape index (κ2) is 7.55. The topological polar surface area (TPSA) is 83.7 Å². The monoisotopic (exact) mass is 381 g/mol. The average molecular weight is 381 g/mol. The fraction of sp³-hybridized carbons (Fsp3) is 0.412. The lowest BCUT2D eigenvalue weighted by Gasteiger charge is -2.34. The van der Waals surface area contributed by atoms with E-state index in [0.717, 1.165) is 0 Å². The number of piperazine rings is 1. The summed E-state index contributed by atoms with van der Waals surface area (Å²) in [6.45, 7) is 2.70. The van der Waals surface area contributed by atoms with E-state index >= 15 is 0 Å². The van der Waals surface area contributed by atoms with E-state index in [-0.39, 0.29) is 23.2 Å². The van der Waals surface area contributed by atoms with Crippen molar-refractivity contribution >= 4 is 15.7 Å². The first-order valence-corrected chi connectivity index (χ1v) is 10.3. The van der Waals surface area contributed by atoms with Crippen LogP contribution >= 0.6 is 0 Å². The molecule has 3 rings (SSSR count). The molecule has 1 aliphatic heterocycles. The Hall–Kier alpha value is -2.26. The van der Waals surface area contributed by atoms with Crippen LogP contribution in [0.1, 0.15) is 10.5 Å². The SMILES string of the molecule is CS(=O)(=O)CCN1CCN(C(=O)c2cc(-c3ccc(F)cc3)on2)CC1. The Morgan fingerprint density at radius 3 is 2.46 bits per heavy atom. The van der Waals surface area contributed by atoms with Crippen molar-refractivity contribution in [2.24, 2.45) is 0 Å². The molecule has 9 heteroatoms. The molecule has 1 aromatic heterocycles. The number of halogens is 1. The molecule has 1 amide bonds. The summed E-state index contributed by atoms with van der Waals surface area (Å²) in [5, 5.41) is 3.82. The number of aromatic nitrogens is 1. The third-order valence-electron chi connectivity index (χ3n) is 4.30. The largest absolute Gasteiger partial charge is 0.355 e. The van der Waals surface area contributed by atoms with Crippen LogP contribution in [0.4, 0.5) is 4.39 Å². The molecule has 0 radical (unpaired) electrons. The summed E-state index contributed by atoms with van der Waals surface area (Å²) in [6.07, 6.45) is 1.22. The lowest BCUT2D eigenvalue weighted by atomic mass is 10.1. The molecular weight excluding hydrogens is 361 g/mol. The third-order valence-corrected chi connectivity index (χ3v) is 5.22. The van der Waals surface area contributed by atoms with Gasteiger partial charge in [0.1, 0.15) is 15.7 Å². The van der Waals surface area contributed by atoms with Crippen molar-refractivity contribution in [2.75, 3.05) is 44.7 Å². The highest BCUT2D eigenvalue weighted by molar-refractivity contribution is 7.90. The van der Waals surface area contributed by atoms with Crippen molar-refractivity contribution in [1.29, 1.82) is 0 Å². The minimum absolute atomic E-state index is 0.116. The molecule has 0 aliphatic carbocycles. The van der Waals surface area contributed by atoms with Crippen LogP contribution in [0.15, 0.2) is 34.9 Å². The van der Waals surface area contributed by atoms with Gasteiger partial charge in [-0.05, 0) is 24.3 Å². The molecular formula is C17H20FN3O4S. The van der Waals surface area contributed by atoms with E-state index in [2.05, 4.69) is 5.16 Å². The summed E-state index contributed by atoms with van der Waals surface area (Å²) >= 11 is 0. The van der Waals surface area contributed by atoms with Gasteiger partial charge in [-0.15, -0.1) is 0 Å². The van der Waals surface area contributed by atoms with Crippen molar-refractivity contribution < 1.29 is 22.1 Å². The van der Waals surface area contributed by atoms with Crippen LogP contribution in [-0.4, -0.2) is 74.0 Å². The number of sulfone groups is 1. The molecule has 26 heavy (non-hydrogen) atoms. The standard InChI is InChI=1S/C17H20FN3O4S/c1-26(23,24)11-10-20-6-8-21(9-7-20)17(22)15-12-16(25-19-15)13-2-4-14(18)5-3-13/h2-5,12H,6-11H2,1H3. The van der Waals surface area contributed by atoms with Crippen molar-refractivity contribution in [3.63, 3.8) is 0 Å². The smallest absolute Gasteiger partial charge is 0.276 e. The predicted octanol–water partition coefficient (Wildman–Crippen LogP) is 1.28. The van der Waals surface area contributed by atoms with Gasteiger partial charge in [-0.25, -0.2) is 12.8 Å². The molecule has 140 valence electrons. The van der Waals surface area contributed by atoms with Gasteiger partial charge in [-0.3, -0.25) is 9.69 Å². The van der Waals surface area contributed by atoms with Crippen molar-refractivity contribution in [2.45, 2.75) is 0 Å². The highest BCUT2D eigenvalue weighted by Gasteiger charge is 2.25. The second-order valence-electron chi connectivity index (χ2n) is 6.35. The minimum Gasteiger partial charge on any atom is -0.355 e. The van der Waals surface area contributed by atoms with Gasteiger partial charge in [0.2, 0.25) is 0 Å². The Labute approximate surface area is 151 Å². The maximum Gasteiger partial charge on any atom is 0.276 e. The van der Waals surface area contributed by atoms with Crippen molar-refractivity contribution in [1.82, 2.24) is 15.0 Å². The number of nitrogens with zero attached hydrogens (tertiary/aromatic N) is 3. The van der Waals surface area contributed by atoms with Gasteiger partial charge >= 0.3 is 0 Å². The number of rotatable bonds is 5. The summed E-state index contributed by atoms with van der Waals surface area (Å²) < 4.78 is 40.7. The second-order valence-corrected chi connectivity index (χ2v) is 8.61. The molecule has 0 saturated carbocycles. The molecule has 7 nitrogen and oxygen atoms in total. The van der Waals surface area contributed by atoms with E-state index in [0.29, 0.717) is 44.0 Å². The van der Waals surface area contributed by atoms with Gasteiger partial charge in [-0.2, -0.15) is 0 Å². The number of benzene rings is 1. The van der Waals surface area contributed by atoms with Gasteiger partial charge in [0.25, 0.3) is 5.91 Å². The number of carbonyl (C=O) groups excluding carboxylic acids is 1. The number of hydrogen-bond donors (Lipinski definition) is 0. The molecule has 1 saturated heterocycles. The van der Waals surface area contributed by atoms with Crippen LogP contribution in [0.25, 0.3) is 11.3 Å². The van der Waals surface area contributed by atoms with E-state index in [4.69, 9.17) is 4.52 Å². The minimum atomic E-state index is -2.99. The fourth-order valence-corrected chi connectivity index (χ4v) is 3.35. The highest BCUT2D eigenvalue weighted by Crippen LogP contribution is 2.21. The van der Waals surface area contributed by atoms with Crippen LogP contribution < -0.4 is 0 Å². The molecule has 0 bridgehead atoms. The maximum absolute atomic E-state index is 13.0. The summed E-state index contributed by atoms with van der Waals surface area (Å²) in [6, 6.07) is 7.30. The molecule has 0 unspecified atom stereocenters. The van der Waals surface area contributed by atoms with E-state index in [1.807, 2.05) is 4.90 Å². The number of amides is 1. The molecule has 2 heterocycles. The molecule has 2 aromatic rings. The van der Waals surface area contributed by atoms with Gasteiger partial charge in [0, 0.05) is 50.6 Å². The number of carbonyl (C=O) groups is 1. The summed E-state index contributed by atoms with van der Waals surface area (Å²) in [5.74, 6) is -0.0611. The lowest BCUT2D eigenvalue weighted by molar-refractivity contribution is 0.0634. The Balaban J connectivity index is 1.58. The highest BCUT2D eigenvalue weighted by atomic mass is 32.2. The van der Waals surface area contributed by atoms with E-state index < -0.39 is 9.84 Å². The van der Waals surface area contributed by atoms with E-state index in [1.54, 1.807) is 23.1 Å². The Morgan fingerprint density at radius 2 is 1.85 bits per heavy atom. The Kier molecular flexibility index (Phi) is 5.38. The van der Waals surface area contributed by atoms with E-state index in [9.17, 15) is 17.6 Å². The summed E-state index contributed by atoms with van der Waals surface area (Å²) in [4.78, 5) is 16.2. The predicted molar refractivity (Wildman–Crippen MR) is 94.0 cm³/mol. The zero-order valence-corrected chi connectivity index (χ0v) is 15.2. The molecule has 1 fully saturated rings. The van der Waals surface area contributed by atoms with Crippen molar-refractivity contribution in [3.05, 3.63) is 41.8 Å². The van der Waals surface area contributed by atoms with Gasteiger partial charge in [0.05, 0.1) is 5.75 Å². The zero-order chi connectivity index (χ0) is 18.7. The van der Waals surface area contributed by atoms with Crippen LogP contribution in [0.5, 0.6) is 0 Å². The Morgan fingerprint density at radius 1 is 1.19 bits per heavy atom.